The summed E-state index contributed by atoms with van der Waals surface area (Å²) in [5.41, 5.74) is 3.34. The maximum atomic E-state index is 12.5. The van der Waals surface area contributed by atoms with Crippen LogP contribution in [0.4, 0.5) is 5.69 Å². The molecule has 0 saturated carbocycles. The highest BCUT2D eigenvalue weighted by atomic mass is 35.5. The van der Waals surface area contributed by atoms with E-state index in [2.05, 4.69) is 33.0 Å². The van der Waals surface area contributed by atoms with Crippen molar-refractivity contribution in [2.75, 3.05) is 11.9 Å². The predicted molar refractivity (Wildman–Crippen MR) is 106 cm³/mol. The molecule has 0 unspecified atom stereocenters. The van der Waals surface area contributed by atoms with Crippen LogP contribution in [0.2, 0.25) is 5.02 Å². The highest BCUT2D eigenvalue weighted by molar-refractivity contribution is 6.30. The second-order valence-electron chi connectivity index (χ2n) is 6.76. The minimum absolute atomic E-state index is 0.188. The molecule has 2 aromatic rings. The molecule has 0 aliphatic carbocycles. The van der Waals surface area contributed by atoms with Gasteiger partial charge in [-0.2, -0.15) is 0 Å². The van der Waals surface area contributed by atoms with Crippen molar-refractivity contribution in [1.82, 2.24) is 0 Å². The van der Waals surface area contributed by atoms with Crippen LogP contribution in [-0.2, 0) is 4.79 Å². The van der Waals surface area contributed by atoms with Crippen LogP contribution in [0.15, 0.2) is 36.4 Å². The Kier molecular flexibility index (Phi) is 6.81. The average Bonchev–Trinajstić information content (AvgIpc) is 2.60. The van der Waals surface area contributed by atoms with Gasteiger partial charge in [-0.3, -0.25) is 9.59 Å². The molecule has 0 heterocycles. The maximum Gasteiger partial charge on any atom is 0.262 e. The van der Waals surface area contributed by atoms with Crippen molar-refractivity contribution in [3.8, 4) is 5.75 Å². The van der Waals surface area contributed by atoms with Crippen LogP contribution in [0, 0.1) is 0 Å². The molecule has 2 aromatic carbocycles. The summed E-state index contributed by atoms with van der Waals surface area (Å²) in [6.45, 7) is 8.18. The van der Waals surface area contributed by atoms with Crippen molar-refractivity contribution in [2.24, 2.45) is 0 Å². The van der Waals surface area contributed by atoms with E-state index >= 15 is 0 Å². The van der Waals surface area contributed by atoms with E-state index in [1.54, 1.807) is 12.1 Å². The number of benzene rings is 2. The summed E-state index contributed by atoms with van der Waals surface area (Å²) in [5.74, 6) is 0.623. The lowest BCUT2D eigenvalue weighted by Gasteiger charge is -2.20. The Bertz CT molecular complexity index is 774. The molecule has 0 aliphatic rings. The number of amides is 1. The number of hydrogen-bond donors (Lipinski definition) is 1. The van der Waals surface area contributed by atoms with E-state index in [-0.39, 0.29) is 24.3 Å². The number of ether oxygens (including phenoxy) is 1. The third kappa shape index (κ3) is 4.85. The largest absolute Gasteiger partial charge is 0.483 e. The second-order valence-corrected chi connectivity index (χ2v) is 7.19. The lowest BCUT2D eigenvalue weighted by atomic mass is 9.92. The minimum Gasteiger partial charge on any atom is -0.483 e. The van der Waals surface area contributed by atoms with Crippen LogP contribution in [0.1, 0.15) is 61.0 Å². The molecule has 1 N–H and O–H groups in total. The van der Waals surface area contributed by atoms with Gasteiger partial charge < -0.3 is 10.1 Å². The van der Waals surface area contributed by atoms with E-state index < -0.39 is 0 Å². The number of para-hydroxylation sites is 1. The zero-order chi connectivity index (χ0) is 19.3. The minimum atomic E-state index is -0.271. The van der Waals surface area contributed by atoms with Crippen molar-refractivity contribution in [2.45, 2.75) is 39.5 Å². The molecule has 0 fully saturated rings. The number of aldehydes is 1. The smallest absolute Gasteiger partial charge is 0.262 e. The quantitative estimate of drug-likeness (QED) is 0.659. The van der Waals surface area contributed by atoms with Gasteiger partial charge in [0.2, 0.25) is 0 Å². The van der Waals surface area contributed by atoms with Crippen molar-refractivity contribution < 1.29 is 14.3 Å². The summed E-state index contributed by atoms with van der Waals surface area (Å²) in [4.78, 5) is 23.6. The predicted octanol–water partition coefficient (Wildman–Crippen LogP) is 5.42. The lowest BCUT2D eigenvalue weighted by Crippen LogP contribution is -2.22. The van der Waals surface area contributed by atoms with Gasteiger partial charge in [0.25, 0.3) is 5.91 Å². The summed E-state index contributed by atoms with van der Waals surface area (Å²) < 4.78 is 5.52. The lowest BCUT2D eigenvalue weighted by molar-refractivity contribution is -0.118. The molecule has 0 spiro atoms. The van der Waals surface area contributed by atoms with Gasteiger partial charge in [0.15, 0.2) is 12.9 Å². The van der Waals surface area contributed by atoms with Crippen molar-refractivity contribution in [3.63, 3.8) is 0 Å². The molecule has 5 heteroatoms. The Hall–Kier alpha value is -2.33. The first kappa shape index (κ1) is 20.0. The fraction of sp³-hybridized carbons (Fsp3) is 0.333. The first-order valence-electron chi connectivity index (χ1n) is 8.63. The van der Waals surface area contributed by atoms with Crippen LogP contribution in [-0.4, -0.2) is 18.8 Å². The fourth-order valence-corrected chi connectivity index (χ4v) is 2.94. The Morgan fingerprint density at radius 3 is 2.27 bits per heavy atom. The van der Waals surface area contributed by atoms with Gasteiger partial charge in [-0.25, -0.2) is 0 Å². The fourth-order valence-electron chi connectivity index (χ4n) is 2.76. The number of nitrogens with one attached hydrogen (secondary N) is 1. The van der Waals surface area contributed by atoms with Gasteiger partial charge >= 0.3 is 0 Å². The van der Waals surface area contributed by atoms with Crippen molar-refractivity contribution in [1.29, 1.82) is 0 Å². The van der Waals surface area contributed by atoms with Crippen LogP contribution < -0.4 is 10.1 Å². The van der Waals surface area contributed by atoms with Crippen LogP contribution in [0.5, 0.6) is 5.75 Å². The van der Waals surface area contributed by atoms with Crippen molar-refractivity contribution >= 4 is 29.5 Å². The highest BCUT2D eigenvalue weighted by Crippen LogP contribution is 2.32. The van der Waals surface area contributed by atoms with E-state index in [0.717, 1.165) is 16.8 Å². The topological polar surface area (TPSA) is 55.4 Å². The molecule has 0 bridgehead atoms. The maximum absolute atomic E-state index is 12.5. The zero-order valence-electron chi connectivity index (χ0n) is 15.5. The van der Waals surface area contributed by atoms with Crippen LogP contribution in [0.3, 0.4) is 0 Å². The third-order valence-corrected chi connectivity index (χ3v) is 4.33. The summed E-state index contributed by atoms with van der Waals surface area (Å²) in [6, 6.07) is 10.8. The average molecular weight is 374 g/mol. The number of rotatable bonds is 7. The third-order valence-electron chi connectivity index (χ3n) is 4.09. The number of carbonyl (C=O) groups is 2. The summed E-state index contributed by atoms with van der Waals surface area (Å²) in [5, 5.41) is 3.42. The van der Waals surface area contributed by atoms with Gasteiger partial charge in [-0.1, -0.05) is 57.5 Å². The molecule has 138 valence electrons. The molecule has 0 radical (unpaired) electrons. The molecule has 0 aliphatic heterocycles. The van der Waals surface area contributed by atoms with Crippen LogP contribution in [0.25, 0.3) is 0 Å². The Morgan fingerprint density at radius 1 is 1.12 bits per heavy atom. The standard InChI is InChI=1S/C21H24ClNO3/c1-13(2)17-6-5-7-18(14(3)4)21(17)23-20(25)12-26-19-9-8-16(22)10-15(19)11-24/h5-11,13-14H,12H2,1-4H3,(H,23,25). The molecule has 0 atom stereocenters. The molecule has 0 saturated heterocycles. The summed E-state index contributed by atoms with van der Waals surface area (Å²) in [6.07, 6.45) is 0.657. The second kappa shape index (κ2) is 8.86. The molecule has 26 heavy (non-hydrogen) atoms. The Labute approximate surface area is 159 Å². The zero-order valence-corrected chi connectivity index (χ0v) is 16.3. The van der Waals surface area contributed by atoms with Gasteiger partial charge in [0.05, 0.1) is 5.56 Å². The van der Waals surface area contributed by atoms with E-state index in [0.29, 0.717) is 22.6 Å². The van der Waals surface area contributed by atoms with Gasteiger partial charge in [-0.05, 0) is 41.2 Å². The van der Waals surface area contributed by atoms with Gasteiger partial charge in [0.1, 0.15) is 5.75 Å². The number of hydrogen-bond acceptors (Lipinski definition) is 3. The molecule has 0 aromatic heterocycles. The van der Waals surface area contributed by atoms with E-state index in [9.17, 15) is 9.59 Å². The number of halogens is 1. The summed E-state index contributed by atoms with van der Waals surface area (Å²) in [7, 11) is 0. The SMILES string of the molecule is CC(C)c1cccc(C(C)C)c1NC(=O)COc1ccc(Cl)cc1C=O. The first-order valence-corrected chi connectivity index (χ1v) is 9.01. The van der Waals surface area contributed by atoms with Crippen molar-refractivity contribution in [3.05, 3.63) is 58.1 Å². The first-order chi connectivity index (χ1) is 12.3. The molecule has 4 nitrogen and oxygen atoms in total. The molecule has 1 amide bonds. The highest BCUT2D eigenvalue weighted by Gasteiger charge is 2.16. The number of anilines is 1. The van der Waals surface area contributed by atoms with E-state index in [4.69, 9.17) is 16.3 Å². The normalized spacial score (nSPS) is 10.9. The van der Waals surface area contributed by atoms with E-state index in [1.165, 1.54) is 6.07 Å². The Morgan fingerprint density at radius 2 is 1.73 bits per heavy atom. The molecular formula is C21H24ClNO3. The summed E-state index contributed by atoms with van der Waals surface area (Å²) >= 11 is 5.87. The van der Waals surface area contributed by atoms with E-state index in [1.807, 2.05) is 18.2 Å². The Balaban J connectivity index is 2.17. The van der Waals surface area contributed by atoms with Crippen LogP contribution >= 0.6 is 11.6 Å². The molecule has 2 rings (SSSR count). The van der Waals surface area contributed by atoms with Gasteiger partial charge in [0, 0.05) is 10.7 Å². The monoisotopic (exact) mass is 373 g/mol. The number of carbonyl (C=O) groups excluding carboxylic acids is 2. The van der Waals surface area contributed by atoms with Gasteiger partial charge in [-0.15, -0.1) is 0 Å². The molecular weight excluding hydrogens is 350 g/mol.